The molecular formula is C20H28F6. The van der Waals surface area contributed by atoms with E-state index >= 15 is 0 Å². The fraction of sp³-hybridized carbons (Fsp3) is 0.400. The van der Waals surface area contributed by atoms with Gasteiger partial charge in [-0.2, -0.15) is 26.3 Å². The third-order valence-corrected chi connectivity index (χ3v) is 2.57. The third-order valence-electron chi connectivity index (χ3n) is 2.57. The van der Waals surface area contributed by atoms with Crippen LogP contribution in [0.3, 0.4) is 0 Å². The average Bonchev–Trinajstić information content (AvgIpc) is 2.56. The highest BCUT2D eigenvalue weighted by Crippen LogP contribution is 2.41. The molecule has 0 bridgehead atoms. The van der Waals surface area contributed by atoms with E-state index < -0.39 is 29.1 Å². The molecule has 0 aliphatic rings. The zero-order valence-corrected chi connectivity index (χ0v) is 16.1. The van der Waals surface area contributed by atoms with E-state index in [1.165, 1.54) is 13.0 Å². The minimum absolute atomic E-state index is 0.254. The lowest BCUT2D eigenvalue weighted by Gasteiger charge is -2.21. The Labute approximate surface area is 153 Å². The molecular weight excluding hydrogens is 354 g/mol. The maximum atomic E-state index is 13.1. The van der Waals surface area contributed by atoms with Crippen LogP contribution in [-0.2, 0) is 0 Å². The van der Waals surface area contributed by atoms with Gasteiger partial charge < -0.3 is 0 Å². The minimum Gasteiger partial charge on any atom is -0.166 e. The van der Waals surface area contributed by atoms with Gasteiger partial charge in [0, 0.05) is 5.57 Å². The Morgan fingerprint density at radius 2 is 1.27 bits per heavy atom. The van der Waals surface area contributed by atoms with Crippen molar-refractivity contribution < 1.29 is 26.3 Å². The van der Waals surface area contributed by atoms with E-state index in [0.717, 1.165) is 25.2 Å². The molecule has 0 saturated heterocycles. The molecule has 0 heterocycles. The van der Waals surface area contributed by atoms with Crippen molar-refractivity contribution in [1.29, 1.82) is 0 Å². The zero-order valence-electron chi connectivity index (χ0n) is 16.1. The first kappa shape index (κ1) is 28.8. The Hall–Kier alpha value is -1.98. The third kappa shape index (κ3) is 9.49. The summed E-state index contributed by atoms with van der Waals surface area (Å²) in [7, 11) is 0. The molecule has 0 aliphatic heterocycles. The van der Waals surface area contributed by atoms with Gasteiger partial charge in [-0.1, -0.05) is 77.3 Å². The summed E-state index contributed by atoms with van der Waals surface area (Å²) in [5.74, 6) is 0. The average molecular weight is 382 g/mol. The second-order valence-electron chi connectivity index (χ2n) is 4.05. The van der Waals surface area contributed by atoms with Crippen LogP contribution in [0.2, 0.25) is 0 Å². The van der Waals surface area contributed by atoms with Gasteiger partial charge in [0.25, 0.3) is 0 Å². The van der Waals surface area contributed by atoms with Gasteiger partial charge in [-0.25, -0.2) is 0 Å². The standard InChI is InChI=1S/C16H16F6.2C2H6/c1-5-9-11(10-6-2)14(12(7-3)15(17,18)19)13(8-4)16(20,21)22;2*1-2/h5-10H,1,3H2,2,4H3;2*1-2H3/b10-6-,11-9+,13-8+,14-12+;;. The summed E-state index contributed by atoms with van der Waals surface area (Å²) in [5.41, 5.74) is -4.07. The van der Waals surface area contributed by atoms with Crippen LogP contribution in [0.5, 0.6) is 0 Å². The predicted molar refractivity (Wildman–Crippen MR) is 98.9 cm³/mol. The molecule has 0 spiro atoms. The first-order valence-electron chi connectivity index (χ1n) is 8.18. The first-order chi connectivity index (χ1) is 12.0. The highest BCUT2D eigenvalue weighted by Gasteiger charge is 2.42. The largest absolute Gasteiger partial charge is 0.417 e. The van der Waals surface area contributed by atoms with E-state index in [2.05, 4.69) is 13.2 Å². The second kappa shape index (κ2) is 14.2. The Balaban J connectivity index is -0.00000123. The van der Waals surface area contributed by atoms with Crippen LogP contribution in [-0.4, -0.2) is 12.4 Å². The van der Waals surface area contributed by atoms with Crippen LogP contribution in [0.1, 0.15) is 41.5 Å². The molecule has 0 N–H and O–H groups in total. The van der Waals surface area contributed by atoms with Gasteiger partial charge in [0.05, 0.1) is 11.1 Å². The lowest BCUT2D eigenvalue weighted by Crippen LogP contribution is -2.21. The quantitative estimate of drug-likeness (QED) is 0.331. The van der Waals surface area contributed by atoms with Crippen molar-refractivity contribution in [2.75, 3.05) is 0 Å². The van der Waals surface area contributed by atoms with Crippen LogP contribution >= 0.6 is 0 Å². The van der Waals surface area contributed by atoms with E-state index in [-0.39, 0.29) is 5.57 Å². The molecule has 26 heavy (non-hydrogen) atoms. The van der Waals surface area contributed by atoms with Crippen LogP contribution in [0.25, 0.3) is 0 Å². The van der Waals surface area contributed by atoms with Crippen molar-refractivity contribution in [3.63, 3.8) is 0 Å². The van der Waals surface area contributed by atoms with Crippen LogP contribution in [0.15, 0.2) is 71.9 Å². The van der Waals surface area contributed by atoms with Gasteiger partial charge in [-0.15, -0.1) is 0 Å². The Morgan fingerprint density at radius 1 is 0.808 bits per heavy atom. The number of halogens is 6. The summed E-state index contributed by atoms with van der Waals surface area (Å²) >= 11 is 0. The molecule has 0 nitrogen and oxygen atoms in total. The van der Waals surface area contributed by atoms with E-state index in [1.54, 1.807) is 0 Å². The van der Waals surface area contributed by atoms with Gasteiger partial charge in [0.1, 0.15) is 0 Å². The van der Waals surface area contributed by atoms with E-state index in [1.807, 2.05) is 27.7 Å². The van der Waals surface area contributed by atoms with E-state index in [9.17, 15) is 26.3 Å². The summed E-state index contributed by atoms with van der Waals surface area (Å²) in [4.78, 5) is 0. The number of allylic oxidation sites excluding steroid dienone is 10. The number of rotatable bonds is 5. The Morgan fingerprint density at radius 3 is 1.50 bits per heavy atom. The second-order valence-corrected chi connectivity index (χ2v) is 4.05. The monoisotopic (exact) mass is 382 g/mol. The fourth-order valence-electron chi connectivity index (χ4n) is 1.79. The lowest BCUT2D eigenvalue weighted by molar-refractivity contribution is -0.0947. The molecule has 0 unspecified atom stereocenters. The number of alkyl halides is 6. The summed E-state index contributed by atoms with van der Waals surface area (Å²) < 4.78 is 78.6. The summed E-state index contributed by atoms with van der Waals surface area (Å²) in [6.45, 7) is 16.8. The van der Waals surface area contributed by atoms with Crippen molar-refractivity contribution in [2.45, 2.75) is 53.9 Å². The molecule has 0 radical (unpaired) electrons. The summed E-state index contributed by atoms with van der Waals surface area (Å²) in [5, 5.41) is 0. The molecule has 0 aromatic heterocycles. The van der Waals surface area contributed by atoms with Gasteiger partial charge in [0.15, 0.2) is 0 Å². The topological polar surface area (TPSA) is 0 Å². The zero-order chi connectivity index (χ0) is 21.6. The highest BCUT2D eigenvalue weighted by atomic mass is 19.4. The molecule has 0 aliphatic carbocycles. The molecule has 0 aromatic rings. The Bertz CT molecular complexity index is 538. The molecule has 0 aromatic carbocycles. The maximum absolute atomic E-state index is 13.1. The van der Waals surface area contributed by atoms with Gasteiger partial charge >= 0.3 is 12.4 Å². The van der Waals surface area contributed by atoms with E-state index in [4.69, 9.17) is 0 Å². The molecule has 0 amide bonds. The van der Waals surface area contributed by atoms with Crippen molar-refractivity contribution in [1.82, 2.24) is 0 Å². The van der Waals surface area contributed by atoms with Crippen molar-refractivity contribution in [2.24, 2.45) is 0 Å². The Kier molecular flexibility index (Phi) is 15.8. The molecule has 0 rings (SSSR count). The van der Waals surface area contributed by atoms with Crippen molar-refractivity contribution in [3.05, 3.63) is 71.9 Å². The SMILES string of the molecule is C=C/C=C(\C=C/C)C(/C(=C\C)C(F)(F)F)=C(/C=C)C(F)(F)F.CC.CC. The fourth-order valence-corrected chi connectivity index (χ4v) is 1.79. The van der Waals surface area contributed by atoms with Crippen LogP contribution in [0.4, 0.5) is 26.3 Å². The summed E-state index contributed by atoms with van der Waals surface area (Å²) in [6, 6.07) is 0. The van der Waals surface area contributed by atoms with Crippen LogP contribution in [0, 0.1) is 0 Å². The first-order valence-corrected chi connectivity index (χ1v) is 8.18. The van der Waals surface area contributed by atoms with Gasteiger partial charge in [-0.3, -0.25) is 0 Å². The van der Waals surface area contributed by atoms with E-state index in [0.29, 0.717) is 12.2 Å². The number of hydrogen-bond acceptors (Lipinski definition) is 0. The lowest BCUT2D eigenvalue weighted by atomic mass is 9.90. The smallest absolute Gasteiger partial charge is 0.166 e. The molecule has 0 saturated carbocycles. The van der Waals surface area contributed by atoms with Crippen LogP contribution < -0.4 is 0 Å². The summed E-state index contributed by atoms with van der Waals surface area (Å²) in [6.07, 6.45) is -4.23. The highest BCUT2D eigenvalue weighted by molar-refractivity contribution is 5.59. The van der Waals surface area contributed by atoms with Crippen molar-refractivity contribution >= 4 is 0 Å². The minimum atomic E-state index is -4.97. The molecule has 0 fully saturated rings. The van der Waals surface area contributed by atoms with Gasteiger partial charge in [-0.05, 0) is 19.4 Å². The maximum Gasteiger partial charge on any atom is 0.417 e. The molecule has 150 valence electrons. The number of hydrogen-bond donors (Lipinski definition) is 0. The molecule has 6 heteroatoms. The molecule has 0 atom stereocenters. The van der Waals surface area contributed by atoms with Gasteiger partial charge in [0.2, 0.25) is 0 Å². The normalized spacial score (nSPS) is 13.8. The van der Waals surface area contributed by atoms with Crippen molar-refractivity contribution in [3.8, 4) is 0 Å². The predicted octanol–water partition coefficient (Wildman–Crippen LogP) is 8.28.